The van der Waals surface area contributed by atoms with E-state index in [2.05, 4.69) is 39.9 Å². The lowest BCUT2D eigenvalue weighted by molar-refractivity contribution is 0.242. The molecule has 142 valence electrons. The summed E-state index contributed by atoms with van der Waals surface area (Å²) in [6.45, 7) is 7.64. The molecule has 0 aliphatic carbocycles. The third-order valence-corrected chi connectivity index (χ3v) is 4.00. The Bertz CT molecular complexity index is 905. The Morgan fingerprint density at radius 3 is 2.59 bits per heavy atom. The van der Waals surface area contributed by atoms with Crippen LogP contribution >= 0.6 is 0 Å². The first-order chi connectivity index (χ1) is 13.1. The summed E-state index contributed by atoms with van der Waals surface area (Å²) >= 11 is 0. The molecular formula is C19H25N7O. The van der Waals surface area contributed by atoms with Gasteiger partial charge in [-0.05, 0) is 19.1 Å². The summed E-state index contributed by atoms with van der Waals surface area (Å²) in [5.74, 6) is 1.66. The van der Waals surface area contributed by atoms with Crippen LogP contribution in [0.4, 0.5) is 10.6 Å². The second kappa shape index (κ2) is 8.48. The molecule has 8 nitrogen and oxygen atoms in total. The fourth-order valence-corrected chi connectivity index (χ4v) is 2.66. The topological polar surface area (TPSA) is 96.8 Å². The summed E-state index contributed by atoms with van der Waals surface area (Å²) < 4.78 is 1.82. The Hall–Kier alpha value is -3.16. The largest absolute Gasteiger partial charge is 0.368 e. The number of nitrogens with one attached hydrogen (secondary N) is 3. The first-order valence-electron chi connectivity index (χ1n) is 9.16. The second-order valence-corrected chi connectivity index (χ2v) is 6.43. The summed E-state index contributed by atoms with van der Waals surface area (Å²) in [5, 5.41) is 14.1. The van der Waals surface area contributed by atoms with Crippen LogP contribution in [0.2, 0.25) is 0 Å². The first-order valence-corrected chi connectivity index (χ1v) is 9.16. The van der Waals surface area contributed by atoms with Crippen molar-refractivity contribution in [2.45, 2.75) is 26.7 Å². The number of carbonyl (C=O) groups is 1. The van der Waals surface area contributed by atoms with Gasteiger partial charge >= 0.3 is 6.03 Å². The highest BCUT2D eigenvalue weighted by molar-refractivity contribution is 5.87. The van der Waals surface area contributed by atoms with Crippen LogP contribution in [0.25, 0.3) is 16.7 Å². The average molecular weight is 367 g/mol. The van der Waals surface area contributed by atoms with Crippen LogP contribution in [0.15, 0.2) is 36.5 Å². The SMILES string of the molecule is CCNC(=O)NCCNc1nc(C(C)C)nc2c1cnn2-c1ccccc1. The summed E-state index contributed by atoms with van der Waals surface area (Å²) in [6.07, 6.45) is 1.77. The second-order valence-electron chi connectivity index (χ2n) is 6.43. The van der Waals surface area contributed by atoms with E-state index in [1.807, 2.05) is 41.9 Å². The van der Waals surface area contributed by atoms with E-state index in [1.54, 1.807) is 6.20 Å². The van der Waals surface area contributed by atoms with Crippen LogP contribution in [-0.4, -0.2) is 45.4 Å². The molecule has 0 saturated heterocycles. The van der Waals surface area contributed by atoms with Gasteiger partial charge in [0.15, 0.2) is 5.65 Å². The molecule has 0 aliphatic rings. The predicted octanol–water partition coefficient (Wildman–Crippen LogP) is 2.67. The third kappa shape index (κ3) is 4.33. The highest BCUT2D eigenvalue weighted by Gasteiger charge is 2.15. The van der Waals surface area contributed by atoms with Gasteiger partial charge in [0.2, 0.25) is 0 Å². The van der Waals surface area contributed by atoms with Gasteiger partial charge in [0, 0.05) is 25.6 Å². The zero-order valence-electron chi connectivity index (χ0n) is 15.9. The van der Waals surface area contributed by atoms with E-state index in [4.69, 9.17) is 4.98 Å². The fraction of sp³-hybridized carbons (Fsp3) is 0.368. The molecule has 27 heavy (non-hydrogen) atoms. The van der Waals surface area contributed by atoms with Crippen LogP contribution < -0.4 is 16.0 Å². The predicted molar refractivity (Wildman–Crippen MR) is 106 cm³/mol. The number of urea groups is 1. The summed E-state index contributed by atoms with van der Waals surface area (Å²) in [6, 6.07) is 9.73. The van der Waals surface area contributed by atoms with E-state index in [0.717, 1.165) is 28.4 Å². The number of benzene rings is 1. The Kier molecular flexibility index (Phi) is 5.85. The van der Waals surface area contributed by atoms with E-state index in [1.165, 1.54) is 0 Å². The van der Waals surface area contributed by atoms with Crippen molar-refractivity contribution >= 4 is 22.9 Å². The van der Waals surface area contributed by atoms with E-state index < -0.39 is 0 Å². The number of nitrogens with zero attached hydrogens (tertiary/aromatic N) is 4. The summed E-state index contributed by atoms with van der Waals surface area (Å²) in [4.78, 5) is 20.9. The minimum Gasteiger partial charge on any atom is -0.368 e. The normalized spacial score (nSPS) is 11.0. The molecule has 2 amide bonds. The first kappa shape index (κ1) is 18.6. The smallest absolute Gasteiger partial charge is 0.314 e. The van der Waals surface area contributed by atoms with Crippen LogP contribution in [0.3, 0.4) is 0 Å². The van der Waals surface area contributed by atoms with Gasteiger partial charge in [0.1, 0.15) is 11.6 Å². The van der Waals surface area contributed by atoms with E-state index >= 15 is 0 Å². The van der Waals surface area contributed by atoms with Crippen molar-refractivity contribution in [2.24, 2.45) is 0 Å². The molecule has 3 aromatic rings. The molecule has 0 saturated carbocycles. The summed E-state index contributed by atoms with van der Waals surface area (Å²) in [5.41, 5.74) is 1.71. The van der Waals surface area contributed by atoms with Crippen molar-refractivity contribution in [2.75, 3.05) is 25.0 Å². The number of anilines is 1. The maximum absolute atomic E-state index is 11.5. The molecular weight excluding hydrogens is 342 g/mol. The number of rotatable bonds is 7. The van der Waals surface area contributed by atoms with Crippen molar-refractivity contribution in [1.29, 1.82) is 0 Å². The van der Waals surface area contributed by atoms with E-state index in [0.29, 0.717) is 19.6 Å². The number of aromatic nitrogens is 4. The lowest BCUT2D eigenvalue weighted by Crippen LogP contribution is -2.37. The Labute approximate surface area is 158 Å². The Morgan fingerprint density at radius 1 is 1.11 bits per heavy atom. The maximum Gasteiger partial charge on any atom is 0.314 e. The molecule has 1 aromatic carbocycles. The minimum atomic E-state index is -0.174. The van der Waals surface area contributed by atoms with Gasteiger partial charge in [-0.2, -0.15) is 5.10 Å². The summed E-state index contributed by atoms with van der Waals surface area (Å²) in [7, 11) is 0. The van der Waals surface area contributed by atoms with E-state index in [9.17, 15) is 4.79 Å². The van der Waals surface area contributed by atoms with Crippen molar-refractivity contribution in [1.82, 2.24) is 30.4 Å². The zero-order chi connectivity index (χ0) is 19.2. The molecule has 2 aromatic heterocycles. The molecule has 3 rings (SSSR count). The molecule has 0 unspecified atom stereocenters. The number of para-hydroxylation sites is 1. The lowest BCUT2D eigenvalue weighted by Gasteiger charge is -2.12. The number of hydrogen-bond acceptors (Lipinski definition) is 5. The number of carbonyl (C=O) groups excluding carboxylic acids is 1. The molecule has 0 fully saturated rings. The van der Waals surface area contributed by atoms with Gasteiger partial charge < -0.3 is 16.0 Å². The monoisotopic (exact) mass is 367 g/mol. The number of amides is 2. The molecule has 2 heterocycles. The van der Waals surface area contributed by atoms with Crippen LogP contribution in [0.5, 0.6) is 0 Å². The molecule has 8 heteroatoms. The zero-order valence-corrected chi connectivity index (χ0v) is 15.9. The fourth-order valence-electron chi connectivity index (χ4n) is 2.66. The van der Waals surface area contributed by atoms with Crippen molar-refractivity contribution < 1.29 is 4.79 Å². The average Bonchev–Trinajstić information content (AvgIpc) is 3.10. The quantitative estimate of drug-likeness (QED) is 0.558. The molecule has 0 spiro atoms. The van der Waals surface area contributed by atoms with Crippen molar-refractivity contribution in [3.63, 3.8) is 0 Å². The molecule has 0 atom stereocenters. The van der Waals surface area contributed by atoms with Gasteiger partial charge in [-0.15, -0.1) is 0 Å². The minimum absolute atomic E-state index is 0.174. The van der Waals surface area contributed by atoms with Crippen molar-refractivity contribution in [3.8, 4) is 5.69 Å². The third-order valence-electron chi connectivity index (χ3n) is 4.00. The van der Waals surface area contributed by atoms with Gasteiger partial charge in [-0.3, -0.25) is 0 Å². The van der Waals surface area contributed by atoms with Gasteiger partial charge in [-0.1, -0.05) is 32.0 Å². The van der Waals surface area contributed by atoms with Crippen LogP contribution in [0.1, 0.15) is 32.5 Å². The van der Waals surface area contributed by atoms with Crippen LogP contribution in [0, 0.1) is 0 Å². The van der Waals surface area contributed by atoms with Gasteiger partial charge in [0.25, 0.3) is 0 Å². The van der Waals surface area contributed by atoms with Gasteiger partial charge in [0.05, 0.1) is 17.3 Å². The standard InChI is InChI=1S/C19H25N7O/c1-4-20-19(27)22-11-10-21-17-15-12-23-26(14-8-6-5-7-9-14)18(15)25-16(24-17)13(2)3/h5-9,12-13H,4,10-11H2,1-3H3,(H2,20,22,27)(H,21,24,25). The Balaban J connectivity index is 1.86. The van der Waals surface area contributed by atoms with Crippen LogP contribution in [-0.2, 0) is 0 Å². The molecule has 0 radical (unpaired) electrons. The Morgan fingerprint density at radius 2 is 1.89 bits per heavy atom. The lowest BCUT2D eigenvalue weighted by atomic mass is 10.2. The maximum atomic E-state index is 11.5. The molecule has 3 N–H and O–H groups in total. The number of fused-ring (bicyclic) bond motifs is 1. The highest BCUT2D eigenvalue weighted by atomic mass is 16.2. The molecule has 0 aliphatic heterocycles. The number of hydrogen-bond donors (Lipinski definition) is 3. The van der Waals surface area contributed by atoms with Gasteiger partial charge in [-0.25, -0.2) is 19.4 Å². The highest BCUT2D eigenvalue weighted by Crippen LogP contribution is 2.24. The van der Waals surface area contributed by atoms with Crippen molar-refractivity contribution in [3.05, 3.63) is 42.4 Å². The molecule has 0 bridgehead atoms. The van der Waals surface area contributed by atoms with E-state index in [-0.39, 0.29) is 11.9 Å².